The van der Waals surface area contributed by atoms with E-state index in [0.29, 0.717) is 38.2 Å². The van der Waals surface area contributed by atoms with Gasteiger partial charge < -0.3 is 29.9 Å². The zero-order valence-corrected chi connectivity index (χ0v) is 22.3. The average Bonchev–Trinajstić information content (AvgIpc) is 3.29. The van der Waals surface area contributed by atoms with E-state index in [-0.39, 0.29) is 24.2 Å². The maximum atomic E-state index is 14.1. The van der Waals surface area contributed by atoms with E-state index in [1.807, 2.05) is 43.9 Å². The largest absolute Gasteiger partial charge is 0.497 e. The fourth-order valence-electron chi connectivity index (χ4n) is 5.95. The third-order valence-electron chi connectivity index (χ3n) is 7.95. The summed E-state index contributed by atoms with van der Waals surface area (Å²) >= 11 is 0. The number of hydrogen-bond donors (Lipinski definition) is 3. The van der Waals surface area contributed by atoms with Crippen molar-refractivity contribution >= 4 is 28.5 Å². The molecule has 2 aliphatic rings. The number of amides is 3. The second-order valence-corrected chi connectivity index (χ2v) is 11.4. The van der Waals surface area contributed by atoms with E-state index in [1.165, 1.54) is 12.1 Å². The number of nitrogens with zero attached hydrogens (tertiary/aromatic N) is 2. The molecule has 8 nitrogen and oxygen atoms in total. The van der Waals surface area contributed by atoms with Gasteiger partial charge in [0, 0.05) is 53.1 Å². The van der Waals surface area contributed by atoms with Gasteiger partial charge in [-0.05, 0) is 42.7 Å². The van der Waals surface area contributed by atoms with Crippen LogP contribution in [-0.2, 0) is 10.2 Å². The Balaban J connectivity index is 1.51. The Kier molecular flexibility index (Phi) is 6.59. The number of carbonyl (C=O) groups is 2. The summed E-state index contributed by atoms with van der Waals surface area (Å²) in [5.41, 5.74) is 1.93. The Hall–Kier alpha value is -3.59. The average molecular weight is 523 g/mol. The third kappa shape index (κ3) is 4.38. The minimum absolute atomic E-state index is 0.0301. The lowest BCUT2D eigenvalue weighted by molar-refractivity contribution is -0.145. The van der Waals surface area contributed by atoms with Crippen molar-refractivity contribution in [3.63, 3.8) is 0 Å². The Morgan fingerprint density at radius 2 is 1.89 bits per heavy atom. The number of aromatic amines is 1. The van der Waals surface area contributed by atoms with Crippen LogP contribution in [0, 0.1) is 11.2 Å². The third-order valence-corrected chi connectivity index (χ3v) is 7.95. The van der Waals surface area contributed by atoms with Gasteiger partial charge in [-0.25, -0.2) is 9.18 Å². The Labute approximate surface area is 221 Å². The van der Waals surface area contributed by atoms with Crippen LogP contribution in [0.15, 0.2) is 42.5 Å². The van der Waals surface area contributed by atoms with Crippen LogP contribution in [0.1, 0.15) is 50.9 Å². The molecule has 0 radical (unpaired) electrons. The maximum Gasteiger partial charge on any atom is 0.321 e. The second kappa shape index (κ2) is 9.62. The molecule has 2 aliphatic heterocycles. The zero-order valence-electron chi connectivity index (χ0n) is 22.3. The summed E-state index contributed by atoms with van der Waals surface area (Å²) in [6.45, 7) is 6.80. The molecule has 2 aromatic carbocycles. The molecule has 0 aliphatic carbocycles. The highest BCUT2D eigenvalue weighted by atomic mass is 19.1. The van der Waals surface area contributed by atoms with Gasteiger partial charge in [0.1, 0.15) is 11.6 Å². The molecule has 9 heteroatoms. The summed E-state index contributed by atoms with van der Waals surface area (Å²) in [7, 11) is 1.62. The summed E-state index contributed by atoms with van der Waals surface area (Å²) in [5, 5.41) is 14.2. The summed E-state index contributed by atoms with van der Waals surface area (Å²) in [5.74, 6) is 0.206. The van der Waals surface area contributed by atoms with E-state index in [1.54, 1.807) is 24.1 Å². The number of anilines is 1. The second-order valence-electron chi connectivity index (χ2n) is 11.4. The SMILES string of the molecule is COc1ccc2c3c([nH]c2c1)[C@H](CO)N(C(=O)C(C)(C)C)CC31CCN(C(=O)Nc2ccccc2F)CC1. The number of rotatable bonds is 3. The van der Waals surface area contributed by atoms with Crippen LogP contribution in [0.3, 0.4) is 0 Å². The minimum Gasteiger partial charge on any atom is -0.497 e. The number of urea groups is 1. The molecule has 3 heterocycles. The van der Waals surface area contributed by atoms with Gasteiger partial charge in [0.05, 0.1) is 25.4 Å². The number of carbonyl (C=O) groups excluding carboxylic acids is 2. The molecular formula is C29H35FN4O4. The van der Waals surface area contributed by atoms with Gasteiger partial charge in [-0.15, -0.1) is 0 Å². The van der Waals surface area contributed by atoms with Crippen LogP contribution < -0.4 is 10.1 Å². The van der Waals surface area contributed by atoms with Gasteiger partial charge in [0.2, 0.25) is 5.91 Å². The lowest BCUT2D eigenvalue weighted by Crippen LogP contribution is -2.57. The van der Waals surface area contributed by atoms with Gasteiger partial charge in [-0.2, -0.15) is 0 Å². The number of halogens is 1. The summed E-state index contributed by atoms with van der Waals surface area (Å²) in [4.78, 5) is 33.6. The van der Waals surface area contributed by atoms with Crippen molar-refractivity contribution in [3.05, 3.63) is 59.5 Å². The normalized spacial score (nSPS) is 18.9. The summed E-state index contributed by atoms with van der Waals surface area (Å²) < 4.78 is 19.6. The van der Waals surface area contributed by atoms with Gasteiger partial charge in [-0.1, -0.05) is 32.9 Å². The van der Waals surface area contributed by atoms with Gasteiger partial charge in [-0.3, -0.25) is 4.79 Å². The molecule has 3 aromatic rings. The highest BCUT2D eigenvalue weighted by molar-refractivity contribution is 5.91. The fourth-order valence-corrected chi connectivity index (χ4v) is 5.95. The van der Waals surface area contributed by atoms with Crippen LogP contribution >= 0.6 is 0 Å². The topological polar surface area (TPSA) is 97.9 Å². The first-order valence-electron chi connectivity index (χ1n) is 13.0. The molecule has 1 saturated heterocycles. The Bertz CT molecular complexity index is 1370. The number of hydrogen-bond acceptors (Lipinski definition) is 4. The highest BCUT2D eigenvalue weighted by Gasteiger charge is 2.50. The van der Waals surface area contributed by atoms with Crippen molar-refractivity contribution in [3.8, 4) is 5.75 Å². The number of ether oxygens (including phenoxy) is 1. The molecule has 1 spiro atoms. The van der Waals surface area contributed by atoms with Crippen molar-refractivity contribution in [2.45, 2.75) is 45.1 Å². The number of H-pyrrole nitrogens is 1. The summed E-state index contributed by atoms with van der Waals surface area (Å²) in [6, 6.07) is 11.1. The van der Waals surface area contributed by atoms with E-state index in [9.17, 15) is 19.1 Å². The van der Waals surface area contributed by atoms with Crippen LogP contribution in [0.4, 0.5) is 14.9 Å². The zero-order chi connectivity index (χ0) is 27.2. The predicted octanol–water partition coefficient (Wildman–Crippen LogP) is 4.80. The van der Waals surface area contributed by atoms with Crippen LogP contribution in [0.25, 0.3) is 10.9 Å². The van der Waals surface area contributed by atoms with E-state index in [2.05, 4.69) is 10.3 Å². The van der Waals surface area contributed by atoms with Crippen molar-refractivity contribution < 1.29 is 23.8 Å². The quantitative estimate of drug-likeness (QED) is 0.460. The van der Waals surface area contributed by atoms with E-state index in [4.69, 9.17) is 4.74 Å². The lowest BCUT2D eigenvalue weighted by atomic mass is 9.68. The predicted molar refractivity (Wildman–Crippen MR) is 144 cm³/mol. The smallest absolute Gasteiger partial charge is 0.321 e. The van der Waals surface area contributed by atoms with Crippen molar-refractivity contribution in [2.24, 2.45) is 5.41 Å². The Morgan fingerprint density at radius 3 is 2.53 bits per heavy atom. The number of methoxy groups -OCH3 is 1. The number of piperidine rings is 1. The molecule has 0 saturated carbocycles. The molecule has 0 unspecified atom stereocenters. The van der Waals surface area contributed by atoms with Gasteiger partial charge in [0.15, 0.2) is 0 Å². The monoisotopic (exact) mass is 522 g/mol. The van der Waals surface area contributed by atoms with Crippen molar-refractivity contribution in [1.29, 1.82) is 0 Å². The molecule has 3 amide bonds. The molecule has 1 fully saturated rings. The number of aromatic nitrogens is 1. The maximum absolute atomic E-state index is 14.1. The minimum atomic E-state index is -0.623. The number of likely N-dealkylation sites (tertiary alicyclic amines) is 1. The van der Waals surface area contributed by atoms with Crippen molar-refractivity contribution in [1.82, 2.24) is 14.8 Å². The molecule has 1 aromatic heterocycles. The van der Waals surface area contributed by atoms with Crippen LogP contribution in [0.5, 0.6) is 5.75 Å². The first kappa shape index (κ1) is 26.0. The molecular weight excluding hydrogens is 487 g/mol. The first-order valence-corrected chi connectivity index (χ1v) is 13.0. The van der Waals surface area contributed by atoms with Gasteiger partial charge >= 0.3 is 6.03 Å². The molecule has 3 N–H and O–H groups in total. The number of nitrogens with one attached hydrogen (secondary N) is 2. The lowest BCUT2D eigenvalue weighted by Gasteiger charge is -2.51. The highest BCUT2D eigenvalue weighted by Crippen LogP contribution is 2.49. The molecule has 0 bridgehead atoms. The van der Waals surface area contributed by atoms with Crippen molar-refractivity contribution in [2.75, 3.05) is 38.7 Å². The van der Waals surface area contributed by atoms with Crippen LogP contribution in [0.2, 0.25) is 0 Å². The fraction of sp³-hybridized carbons (Fsp3) is 0.448. The molecule has 5 rings (SSSR count). The standard InChI is InChI=1S/C29H35FN4O4/c1-28(2,3)26(36)34-17-29(11-13-33(14-12-29)27(37)32-21-8-6-5-7-20(21)30)24-19-10-9-18(38-4)15-22(19)31-25(24)23(34)16-35/h5-10,15,23,31,35H,11-14,16-17H2,1-4H3,(H,32,37)/t23-/m0/s1. The van der Waals surface area contributed by atoms with E-state index < -0.39 is 22.7 Å². The number of para-hydroxylation sites is 1. The van der Waals surface area contributed by atoms with Crippen LogP contribution in [-0.4, -0.2) is 65.2 Å². The molecule has 1 atom stereocenters. The first-order chi connectivity index (χ1) is 18.1. The van der Waals surface area contributed by atoms with E-state index >= 15 is 0 Å². The number of fused-ring (bicyclic) bond motifs is 4. The molecule has 38 heavy (non-hydrogen) atoms. The number of benzene rings is 2. The Morgan fingerprint density at radius 1 is 1.18 bits per heavy atom. The number of aliphatic hydroxyl groups excluding tert-OH is 1. The van der Waals surface area contributed by atoms with E-state index in [0.717, 1.165) is 22.2 Å². The van der Waals surface area contributed by atoms with Gasteiger partial charge in [0.25, 0.3) is 0 Å². The number of aliphatic hydroxyl groups is 1. The molecule has 202 valence electrons. The summed E-state index contributed by atoms with van der Waals surface area (Å²) in [6.07, 6.45) is 1.24.